The lowest BCUT2D eigenvalue weighted by Gasteiger charge is -2.36. The second kappa shape index (κ2) is 6.47. The minimum Gasteiger partial charge on any atom is -0.302 e. The Morgan fingerprint density at radius 2 is 0.944 bits per heavy atom. The van der Waals surface area contributed by atoms with Crippen LogP contribution >= 0.6 is 21.6 Å². The maximum atomic E-state index is 11.4. The number of carbonyl (C=O) groups is 2. The lowest BCUT2D eigenvalue weighted by atomic mass is 9.89. The van der Waals surface area contributed by atoms with Crippen molar-refractivity contribution < 1.29 is 9.59 Å². The molecule has 0 amide bonds. The summed E-state index contributed by atoms with van der Waals surface area (Å²) in [5.74, 6) is 0. The summed E-state index contributed by atoms with van der Waals surface area (Å²) in [6, 6.07) is 0. The molecule has 0 N–H and O–H groups in total. The molecule has 0 atom stereocenters. The van der Waals surface area contributed by atoms with Crippen molar-refractivity contribution in [3.8, 4) is 0 Å². The minimum absolute atomic E-state index is 0.212. The number of hydrogen-bond donors (Lipinski definition) is 0. The summed E-state index contributed by atoms with van der Waals surface area (Å²) >= 11 is 0. The summed E-state index contributed by atoms with van der Waals surface area (Å²) in [5.41, 5.74) is 0. The van der Waals surface area contributed by atoms with E-state index in [1.54, 1.807) is 21.6 Å². The second-order valence-corrected chi connectivity index (χ2v) is 8.61. The van der Waals surface area contributed by atoms with E-state index < -0.39 is 0 Å². The summed E-state index contributed by atoms with van der Waals surface area (Å²) in [5, 5.41) is 0. The van der Waals surface area contributed by atoms with Crippen molar-refractivity contribution in [1.82, 2.24) is 0 Å². The SMILES string of the molecule is O=CC1(SSC2(C=O)CCCCC2)CCCCC1. The first kappa shape index (κ1) is 14.4. The highest BCUT2D eigenvalue weighted by molar-refractivity contribution is 8.78. The van der Waals surface area contributed by atoms with E-state index in [2.05, 4.69) is 0 Å². The topological polar surface area (TPSA) is 34.1 Å². The van der Waals surface area contributed by atoms with E-state index in [-0.39, 0.29) is 9.49 Å². The molecular weight excluding hydrogens is 264 g/mol. The Labute approximate surface area is 117 Å². The van der Waals surface area contributed by atoms with Gasteiger partial charge in [-0.2, -0.15) is 0 Å². The van der Waals surface area contributed by atoms with Gasteiger partial charge in [-0.05, 0) is 25.7 Å². The molecule has 18 heavy (non-hydrogen) atoms. The number of rotatable bonds is 5. The molecule has 2 aliphatic rings. The Morgan fingerprint density at radius 3 is 1.22 bits per heavy atom. The van der Waals surface area contributed by atoms with E-state index >= 15 is 0 Å². The van der Waals surface area contributed by atoms with Crippen LogP contribution in [-0.4, -0.2) is 22.1 Å². The maximum absolute atomic E-state index is 11.4. The van der Waals surface area contributed by atoms with Gasteiger partial charge >= 0.3 is 0 Å². The monoisotopic (exact) mass is 286 g/mol. The maximum Gasteiger partial charge on any atom is 0.136 e. The molecule has 0 aromatic heterocycles. The zero-order chi connectivity index (χ0) is 12.9. The largest absolute Gasteiger partial charge is 0.302 e. The van der Waals surface area contributed by atoms with Crippen LogP contribution < -0.4 is 0 Å². The Morgan fingerprint density at radius 1 is 0.611 bits per heavy atom. The van der Waals surface area contributed by atoms with E-state index in [0.717, 1.165) is 63.9 Å². The van der Waals surface area contributed by atoms with Crippen molar-refractivity contribution in [1.29, 1.82) is 0 Å². The van der Waals surface area contributed by atoms with Crippen LogP contribution in [0, 0.1) is 0 Å². The minimum atomic E-state index is -0.212. The molecule has 0 heterocycles. The summed E-state index contributed by atoms with van der Waals surface area (Å²) in [4.78, 5) is 22.8. The van der Waals surface area contributed by atoms with Crippen LogP contribution in [0.4, 0.5) is 0 Å². The molecule has 2 nitrogen and oxygen atoms in total. The molecule has 0 aliphatic heterocycles. The molecule has 4 heteroatoms. The number of hydrogen-bond acceptors (Lipinski definition) is 4. The van der Waals surface area contributed by atoms with E-state index in [0.29, 0.717) is 0 Å². The van der Waals surface area contributed by atoms with Crippen molar-refractivity contribution in [2.75, 3.05) is 0 Å². The van der Waals surface area contributed by atoms with Crippen LogP contribution in [0.15, 0.2) is 0 Å². The molecule has 0 radical (unpaired) electrons. The van der Waals surface area contributed by atoms with Gasteiger partial charge < -0.3 is 9.59 Å². The fraction of sp³-hybridized carbons (Fsp3) is 0.857. The molecule has 102 valence electrons. The fourth-order valence-corrected chi connectivity index (χ4v) is 6.46. The molecule has 2 aliphatic carbocycles. The molecule has 2 saturated carbocycles. The van der Waals surface area contributed by atoms with E-state index in [4.69, 9.17) is 0 Å². The van der Waals surface area contributed by atoms with Crippen LogP contribution in [0.2, 0.25) is 0 Å². The molecule has 0 bridgehead atoms. The molecular formula is C14H22O2S2. The van der Waals surface area contributed by atoms with Crippen molar-refractivity contribution in [3.63, 3.8) is 0 Å². The lowest BCUT2D eigenvalue weighted by Crippen LogP contribution is -2.33. The van der Waals surface area contributed by atoms with Gasteiger partial charge in [0, 0.05) is 0 Å². The van der Waals surface area contributed by atoms with E-state index in [1.165, 1.54) is 12.8 Å². The molecule has 2 rings (SSSR count). The van der Waals surface area contributed by atoms with Crippen LogP contribution in [-0.2, 0) is 9.59 Å². The Kier molecular flexibility index (Phi) is 5.19. The summed E-state index contributed by atoms with van der Waals surface area (Å²) in [6.07, 6.45) is 13.4. The van der Waals surface area contributed by atoms with E-state index in [1.807, 2.05) is 0 Å². The van der Waals surface area contributed by atoms with Gasteiger partial charge in [-0.15, -0.1) is 0 Å². The van der Waals surface area contributed by atoms with Crippen LogP contribution in [0.5, 0.6) is 0 Å². The summed E-state index contributed by atoms with van der Waals surface area (Å²) in [6.45, 7) is 0. The van der Waals surface area contributed by atoms with Gasteiger partial charge in [0.25, 0.3) is 0 Å². The average molecular weight is 286 g/mol. The summed E-state index contributed by atoms with van der Waals surface area (Å²) in [7, 11) is 3.38. The molecule has 2 fully saturated rings. The quantitative estimate of drug-likeness (QED) is 0.561. The number of aldehydes is 2. The predicted octanol–water partition coefficient (Wildman–Crippen LogP) is 4.17. The van der Waals surface area contributed by atoms with Crippen LogP contribution in [0.25, 0.3) is 0 Å². The number of carbonyl (C=O) groups excluding carboxylic acids is 2. The van der Waals surface area contributed by atoms with Crippen molar-refractivity contribution in [2.45, 2.75) is 73.7 Å². The van der Waals surface area contributed by atoms with Gasteiger partial charge in [0.1, 0.15) is 12.6 Å². The van der Waals surface area contributed by atoms with E-state index in [9.17, 15) is 9.59 Å². The highest BCUT2D eigenvalue weighted by Crippen LogP contribution is 2.52. The van der Waals surface area contributed by atoms with Crippen molar-refractivity contribution >= 4 is 34.2 Å². The zero-order valence-electron chi connectivity index (χ0n) is 10.9. The second-order valence-electron chi connectivity index (χ2n) is 5.65. The van der Waals surface area contributed by atoms with Crippen molar-refractivity contribution in [2.24, 2.45) is 0 Å². The zero-order valence-corrected chi connectivity index (χ0v) is 12.5. The Bertz CT molecular complexity index is 262. The molecule has 0 aromatic rings. The van der Waals surface area contributed by atoms with Gasteiger partial charge in [-0.25, -0.2) is 0 Å². The Hall–Kier alpha value is 0.0400. The third kappa shape index (κ3) is 3.32. The lowest BCUT2D eigenvalue weighted by molar-refractivity contribution is -0.111. The smallest absolute Gasteiger partial charge is 0.136 e. The van der Waals surface area contributed by atoms with Crippen LogP contribution in [0.1, 0.15) is 64.2 Å². The Balaban J connectivity index is 1.95. The van der Waals surface area contributed by atoms with Crippen LogP contribution in [0.3, 0.4) is 0 Å². The highest BCUT2D eigenvalue weighted by atomic mass is 33.1. The first-order valence-electron chi connectivity index (χ1n) is 7.04. The van der Waals surface area contributed by atoms with Gasteiger partial charge in [0.05, 0.1) is 9.49 Å². The normalized spacial score (nSPS) is 26.4. The first-order valence-corrected chi connectivity index (χ1v) is 9.19. The van der Waals surface area contributed by atoms with Gasteiger partial charge in [-0.1, -0.05) is 60.1 Å². The third-order valence-corrected chi connectivity index (χ3v) is 8.20. The molecule has 0 unspecified atom stereocenters. The van der Waals surface area contributed by atoms with Gasteiger partial charge in [0.15, 0.2) is 0 Å². The third-order valence-electron chi connectivity index (χ3n) is 4.20. The highest BCUT2D eigenvalue weighted by Gasteiger charge is 2.39. The van der Waals surface area contributed by atoms with Gasteiger partial charge in [0.2, 0.25) is 0 Å². The average Bonchev–Trinajstić information content (AvgIpc) is 2.47. The van der Waals surface area contributed by atoms with Crippen molar-refractivity contribution in [3.05, 3.63) is 0 Å². The summed E-state index contributed by atoms with van der Waals surface area (Å²) < 4.78 is -0.424. The first-order chi connectivity index (χ1) is 8.74. The predicted molar refractivity (Wildman–Crippen MR) is 78.9 cm³/mol. The fourth-order valence-electron chi connectivity index (χ4n) is 2.91. The molecule has 0 spiro atoms. The van der Waals surface area contributed by atoms with Gasteiger partial charge in [-0.3, -0.25) is 0 Å². The molecule has 0 aromatic carbocycles. The molecule has 0 saturated heterocycles. The standard InChI is InChI=1S/C14H22O2S2/c15-11-13(7-3-1-4-8-13)17-18-14(12-16)9-5-2-6-10-14/h11-12H,1-10H2.